The average molecular weight is 326 g/mol. The molecule has 0 saturated carbocycles. The van der Waals surface area contributed by atoms with Crippen molar-refractivity contribution in [3.05, 3.63) is 47.8 Å². The minimum atomic E-state index is -0.381. The minimum Gasteiger partial charge on any atom is -0.336 e. The number of aromatic nitrogens is 4. The Morgan fingerprint density at radius 3 is 2.78 bits per heavy atom. The van der Waals surface area contributed by atoms with E-state index >= 15 is 0 Å². The second-order valence-corrected chi connectivity index (χ2v) is 6.14. The van der Waals surface area contributed by atoms with E-state index in [1.807, 2.05) is 26.0 Å². The molecule has 0 atom stereocenters. The fourth-order valence-electron chi connectivity index (χ4n) is 2.36. The number of hydrogen-bond acceptors (Lipinski definition) is 6. The Morgan fingerprint density at radius 1 is 1.09 bits per heavy atom. The highest BCUT2D eigenvalue weighted by Gasteiger charge is 2.15. The normalized spacial score (nSPS) is 11.3. The van der Waals surface area contributed by atoms with Crippen LogP contribution in [0.4, 0.5) is 4.39 Å². The summed E-state index contributed by atoms with van der Waals surface area (Å²) in [6.07, 6.45) is 2.77. The van der Waals surface area contributed by atoms with Crippen LogP contribution in [0.5, 0.6) is 0 Å². The van der Waals surface area contributed by atoms with Crippen LogP contribution < -0.4 is 0 Å². The molecule has 0 amide bonds. The van der Waals surface area contributed by atoms with Gasteiger partial charge >= 0.3 is 0 Å². The maximum atomic E-state index is 13.3. The van der Waals surface area contributed by atoms with Crippen molar-refractivity contribution in [2.45, 2.75) is 13.8 Å². The predicted octanol–water partition coefficient (Wildman–Crippen LogP) is 4.16. The summed E-state index contributed by atoms with van der Waals surface area (Å²) in [7, 11) is 0. The molecule has 0 radical (unpaired) electrons. The summed E-state index contributed by atoms with van der Waals surface area (Å²) in [5.41, 5.74) is 3.56. The lowest BCUT2D eigenvalue weighted by Crippen LogP contribution is -1.84. The van der Waals surface area contributed by atoms with Crippen molar-refractivity contribution in [3.63, 3.8) is 0 Å². The molecule has 4 aromatic heterocycles. The van der Waals surface area contributed by atoms with Gasteiger partial charge < -0.3 is 4.52 Å². The summed E-state index contributed by atoms with van der Waals surface area (Å²) in [6, 6.07) is 5.28. The quantitative estimate of drug-likeness (QED) is 0.553. The van der Waals surface area contributed by atoms with Gasteiger partial charge in [-0.1, -0.05) is 5.16 Å². The molecule has 4 heterocycles. The van der Waals surface area contributed by atoms with Gasteiger partial charge in [0.2, 0.25) is 0 Å². The number of pyridine rings is 2. The summed E-state index contributed by atoms with van der Waals surface area (Å²) in [4.78, 5) is 13.8. The fraction of sp³-hybridized carbons (Fsp3) is 0.125. The van der Waals surface area contributed by atoms with Gasteiger partial charge in [0, 0.05) is 11.8 Å². The van der Waals surface area contributed by atoms with E-state index in [1.54, 1.807) is 6.20 Å². The molecule has 7 heteroatoms. The van der Waals surface area contributed by atoms with Crippen molar-refractivity contribution < 1.29 is 8.91 Å². The van der Waals surface area contributed by atoms with Gasteiger partial charge in [-0.25, -0.2) is 14.4 Å². The summed E-state index contributed by atoms with van der Waals surface area (Å²) in [5.74, 6) is -0.381. The van der Waals surface area contributed by atoms with Crippen LogP contribution in [0.2, 0.25) is 0 Å². The summed E-state index contributed by atoms with van der Waals surface area (Å²) in [6.45, 7) is 3.78. The van der Waals surface area contributed by atoms with Crippen LogP contribution >= 0.6 is 11.3 Å². The first-order valence-electron chi connectivity index (χ1n) is 6.93. The average Bonchev–Trinajstić information content (AvgIpc) is 3.11. The molecule has 5 nitrogen and oxygen atoms in total. The van der Waals surface area contributed by atoms with Crippen LogP contribution in [-0.4, -0.2) is 20.1 Å². The van der Waals surface area contributed by atoms with Crippen molar-refractivity contribution in [2.24, 2.45) is 0 Å². The Balaban J connectivity index is 1.82. The van der Waals surface area contributed by atoms with Crippen LogP contribution in [0.25, 0.3) is 32.2 Å². The number of halogens is 1. The maximum absolute atomic E-state index is 13.3. The van der Waals surface area contributed by atoms with E-state index in [0.29, 0.717) is 16.3 Å². The van der Waals surface area contributed by atoms with Gasteiger partial charge in [0.1, 0.15) is 10.8 Å². The van der Waals surface area contributed by atoms with E-state index in [0.717, 1.165) is 27.3 Å². The topological polar surface area (TPSA) is 64.7 Å². The SMILES string of the molecule is Cc1nc(-c2cncc(F)c2)sc1-c1ccc2c(C)noc2n1. The van der Waals surface area contributed by atoms with E-state index in [1.165, 1.54) is 23.6 Å². The standard InChI is InChI=1S/C16H11FN4OS/c1-8-12-3-4-13(20-15(12)22-21-8)14-9(2)19-16(23-14)10-5-11(17)7-18-6-10/h3-7H,1-2H3. The number of hydrogen-bond donors (Lipinski definition) is 0. The van der Waals surface area contributed by atoms with Crippen LogP contribution in [0, 0.1) is 19.7 Å². The first-order valence-corrected chi connectivity index (χ1v) is 7.75. The maximum Gasteiger partial charge on any atom is 0.258 e. The van der Waals surface area contributed by atoms with Crippen molar-refractivity contribution in [1.29, 1.82) is 0 Å². The molecule has 0 aromatic carbocycles. The third kappa shape index (κ3) is 2.39. The second-order valence-electron chi connectivity index (χ2n) is 5.14. The van der Waals surface area contributed by atoms with Crippen molar-refractivity contribution in [3.8, 4) is 21.1 Å². The molecule has 0 aliphatic heterocycles. The lowest BCUT2D eigenvalue weighted by molar-refractivity contribution is 0.443. The van der Waals surface area contributed by atoms with E-state index in [4.69, 9.17) is 4.52 Å². The van der Waals surface area contributed by atoms with E-state index in [9.17, 15) is 4.39 Å². The van der Waals surface area contributed by atoms with Crippen molar-refractivity contribution in [1.82, 2.24) is 20.1 Å². The largest absolute Gasteiger partial charge is 0.336 e. The summed E-state index contributed by atoms with van der Waals surface area (Å²) in [5, 5.41) is 5.52. The van der Waals surface area contributed by atoms with Gasteiger partial charge in [-0.3, -0.25) is 4.98 Å². The highest BCUT2D eigenvalue weighted by Crippen LogP contribution is 2.35. The molecule has 0 saturated heterocycles. The summed E-state index contributed by atoms with van der Waals surface area (Å²) >= 11 is 1.45. The van der Waals surface area contributed by atoms with E-state index in [2.05, 4.69) is 20.1 Å². The Morgan fingerprint density at radius 2 is 1.96 bits per heavy atom. The number of aryl methyl sites for hydroxylation is 2. The molecule has 0 aliphatic carbocycles. The first kappa shape index (κ1) is 14.0. The van der Waals surface area contributed by atoms with Gasteiger partial charge in [0.25, 0.3) is 5.71 Å². The Hall–Kier alpha value is -2.67. The van der Waals surface area contributed by atoms with E-state index in [-0.39, 0.29) is 5.82 Å². The monoisotopic (exact) mass is 326 g/mol. The molecule has 0 unspecified atom stereocenters. The lowest BCUT2D eigenvalue weighted by atomic mass is 10.2. The Bertz CT molecular complexity index is 1020. The van der Waals surface area contributed by atoms with Crippen molar-refractivity contribution in [2.75, 3.05) is 0 Å². The predicted molar refractivity (Wildman–Crippen MR) is 85.6 cm³/mol. The van der Waals surface area contributed by atoms with Gasteiger partial charge in [0.15, 0.2) is 0 Å². The second kappa shape index (κ2) is 5.20. The number of thiazole rings is 1. The first-order chi connectivity index (χ1) is 11.1. The van der Waals surface area contributed by atoms with Gasteiger partial charge in [-0.05, 0) is 32.0 Å². The number of rotatable bonds is 2. The molecule has 0 bridgehead atoms. The molecule has 0 spiro atoms. The molecule has 23 heavy (non-hydrogen) atoms. The zero-order valence-electron chi connectivity index (χ0n) is 12.4. The van der Waals surface area contributed by atoms with Crippen LogP contribution in [0.15, 0.2) is 35.1 Å². The van der Waals surface area contributed by atoms with Gasteiger partial charge in [0.05, 0.1) is 33.5 Å². The van der Waals surface area contributed by atoms with Gasteiger partial charge in [-0.15, -0.1) is 11.3 Å². The zero-order chi connectivity index (χ0) is 16.0. The van der Waals surface area contributed by atoms with Crippen LogP contribution in [-0.2, 0) is 0 Å². The molecule has 0 aliphatic rings. The number of fused-ring (bicyclic) bond motifs is 1. The minimum absolute atomic E-state index is 0.381. The molecule has 114 valence electrons. The zero-order valence-corrected chi connectivity index (χ0v) is 13.2. The third-order valence-corrected chi connectivity index (χ3v) is 4.73. The molecular formula is C16H11FN4OS. The lowest BCUT2D eigenvalue weighted by Gasteiger charge is -1.97. The van der Waals surface area contributed by atoms with E-state index < -0.39 is 0 Å². The summed E-state index contributed by atoms with van der Waals surface area (Å²) < 4.78 is 18.6. The molecule has 4 rings (SSSR count). The molecular weight excluding hydrogens is 315 g/mol. The fourth-order valence-corrected chi connectivity index (χ4v) is 3.38. The highest BCUT2D eigenvalue weighted by molar-refractivity contribution is 7.18. The molecule has 4 aromatic rings. The molecule has 0 N–H and O–H groups in total. The highest BCUT2D eigenvalue weighted by atomic mass is 32.1. The number of nitrogens with zero attached hydrogens (tertiary/aromatic N) is 4. The van der Waals surface area contributed by atoms with Gasteiger partial charge in [-0.2, -0.15) is 0 Å². The Labute approximate surface area is 134 Å². The van der Waals surface area contributed by atoms with Crippen molar-refractivity contribution >= 4 is 22.4 Å². The van der Waals surface area contributed by atoms with Crippen LogP contribution in [0.1, 0.15) is 11.4 Å². The third-order valence-electron chi connectivity index (χ3n) is 3.50. The molecule has 0 fully saturated rings. The Kier molecular flexibility index (Phi) is 3.16. The smallest absolute Gasteiger partial charge is 0.258 e. The van der Waals surface area contributed by atoms with Crippen LogP contribution in [0.3, 0.4) is 0 Å².